The van der Waals surface area contributed by atoms with E-state index in [0.29, 0.717) is 5.56 Å². The molecule has 0 spiro atoms. The Morgan fingerprint density at radius 3 is 2.56 bits per heavy atom. The number of aryl methyl sites for hydroxylation is 1. The van der Waals surface area contributed by atoms with Crippen LogP contribution in [0.25, 0.3) is 9.88 Å². The van der Waals surface area contributed by atoms with Crippen LogP contribution in [-0.2, 0) is 11.2 Å². The fraction of sp³-hybridized carbons (Fsp3) is 0.211. The van der Waals surface area contributed by atoms with Gasteiger partial charge in [0, 0.05) is 10.9 Å². The van der Waals surface area contributed by atoms with Crippen LogP contribution in [0.1, 0.15) is 40.3 Å². The number of rotatable bonds is 6. The highest BCUT2D eigenvalue weighted by molar-refractivity contribution is 7.20. The van der Waals surface area contributed by atoms with E-state index in [2.05, 4.69) is 11.9 Å². The van der Waals surface area contributed by atoms with E-state index in [1.807, 2.05) is 29.6 Å². The Morgan fingerprint density at radius 2 is 1.92 bits per heavy atom. The summed E-state index contributed by atoms with van der Waals surface area (Å²) in [6.45, 7) is 3.64. The van der Waals surface area contributed by atoms with Crippen molar-refractivity contribution in [3.63, 3.8) is 0 Å². The third-order valence-corrected chi connectivity index (χ3v) is 5.63. The number of benzene rings is 1. The van der Waals surface area contributed by atoms with Crippen molar-refractivity contribution in [1.82, 2.24) is 4.98 Å². The average molecular weight is 371 g/mol. The Labute approximate surface area is 154 Å². The van der Waals surface area contributed by atoms with Gasteiger partial charge in [-0.2, -0.15) is 0 Å². The predicted molar refractivity (Wildman–Crippen MR) is 100 cm³/mol. The molecule has 0 amide bonds. The molecule has 6 heteroatoms. The molecule has 0 bridgehead atoms. The van der Waals surface area contributed by atoms with Crippen LogP contribution in [0.4, 0.5) is 0 Å². The Kier molecular flexibility index (Phi) is 5.40. The van der Waals surface area contributed by atoms with Crippen LogP contribution in [0.3, 0.4) is 0 Å². The molecule has 0 N–H and O–H groups in total. The number of ketones is 1. The lowest BCUT2D eigenvalue weighted by Crippen LogP contribution is -2.24. The number of ether oxygens (including phenoxy) is 1. The van der Waals surface area contributed by atoms with Crippen LogP contribution < -0.4 is 0 Å². The number of carbonyl (C=O) groups is 2. The topological polar surface area (TPSA) is 56.3 Å². The summed E-state index contributed by atoms with van der Waals surface area (Å²) in [6.07, 6.45) is 0.0574. The van der Waals surface area contributed by atoms with Gasteiger partial charge in [-0.1, -0.05) is 37.3 Å². The van der Waals surface area contributed by atoms with E-state index in [1.54, 1.807) is 35.8 Å². The molecule has 2 aromatic heterocycles. The first-order valence-corrected chi connectivity index (χ1v) is 9.68. The molecule has 0 saturated carbocycles. The quantitative estimate of drug-likeness (QED) is 0.458. The second-order valence-corrected chi connectivity index (χ2v) is 7.28. The Hall–Kier alpha value is -2.31. The normalized spacial score (nSPS) is 11.9. The van der Waals surface area contributed by atoms with E-state index in [1.165, 1.54) is 11.3 Å². The molecule has 1 aromatic carbocycles. The molecule has 0 saturated heterocycles. The summed E-state index contributed by atoms with van der Waals surface area (Å²) in [4.78, 5) is 30.0. The molecule has 0 aliphatic carbocycles. The number of nitrogens with zero attached hydrogens (tertiary/aromatic N) is 1. The van der Waals surface area contributed by atoms with Gasteiger partial charge in [0.1, 0.15) is 5.01 Å². The van der Waals surface area contributed by atoms with E-state index < -0.39 is 12.1 Å². The van der Waals surface area contributed by atoms with Gasteiger partial charge in [0.05, 0.1) is 4.88 Å². The number of hydrogen-bond donors (Lipinski definition) is 0. The highest BCUT2D eigenvalue weighted by Crippen LogP contribution is 2.28. The lowest BCUT2D eigenvalue weighted by molar-refractivity contribution is 0.0314. The first kappa shape index (κ1) is 17.5. The minimum atomic E-state index is -0.855. The molecule has 1 unspecified atom stereocenters. The lowest BCUT2D eigenvalue weighted by atomic mass is 10.0. The summed E-state index contributed by atoms with van der Waals surface area (Å²) in [5.41, 5.74) is 1.93. The zero-order chi connectivity index (χ0) is 17.8. The van der Waals surface area contributed by atoms with Crippen molar-refractivity contribution in [2.45, 2.75) is 26.4 Å². The van der Waals surface area contributed by atoms with Crippen LogP contribution in [0.5, 0.6) is 0 Å². The van der Waals surface area contributed by atoms with Gasteiger partial charge in [-0.05, 0) is 30.4 Å². The molecule has 128 valence electrons. The Bertz CT molecular complexity index is 866. The maximum atomic E-state index is 12.4. The molecule has 2 heterocycles. The highest BCUT2D eigenvalue weighted by atomic mass is 32.1. The zero-order valence-electron chi connectivity index (χ0n) is 13.9. The van der Waals surface area contributed by atoms with Gasteiger partial charge in [0.15, 0.2) is 11.8 Å². The maximum Gasteiger partial charge on any atom is 0.358 e. The fourth-order valence-corrected chi connectivity index (χ4v) is 3.90. The first-order chi connectivity index (χ1) is 12.1. The number of Topliss-reactive ketones (excluding diaryl/α,β-unsaturated/α-hetero) is 1. The Balaban J connectivity index is 1.66. The van der Waals surface area contributed by atoms with Crippen molar-refractivity contribution < 1.29 is 14.3 Å². The van der Waals surface area contributed by atoms with Gasteiger partial charge < -0.3 is 4.74 Å². The lowest BCUT2D eigenvalue weighted by Gasteiger charge is -2.11. The Morgan fingerprint density at radius 1 is 1.16 bits per heavy atom. The van der Waals surface area contributed by atoms with Crippen LogP contribution in [0.15, 0.2) is 47.2 Å². The number of carbonyl (C=O) groups excluding carboxylic acids is 2. The molecule has 25 heavy (non-hydrogen) atoms. The summed E-state index contributed by atoms with van der Waals surface area (Å²) in [7, 11) is 0. The van der Waals surface area contributed by atoms with Crippen molar-refractivity contribution >= 4 is 34.4 Å². The monoisotopic (exact) mass is 371 g/mol. The van der Waals surface area contributed by atoms with Crippen molar-refractivity contribution in [1.29, 1.82) is 0 Å². The fourth-order valence-electron chi connectivity index (χ4n) is 2.29. The summed E-state index contributed by atoms with van der Waals surface area (Å²) in [6, 6.07) is 11.2. The molecule has 3 rings (SSSR count). The second-order valence-electron chi connectivity index (χ2n) is 5.48. The van der Waals surface area contributed by atoms with Crippen LogP contribution in [-0.4, -0.2) is 22.8 Å². The first-order valence-electron chi connectivity index (χ1n) is 7.92. The minimum Gasteiger partial charge on any atom is -0.450 e. The summed E-state index contributed by atoms with van der Waals surface area (Å²) in [5.74, 6) is -0.796. The molecule has 0 aliphatic rings. The third-order valence-electron chi connectivity index (χ3n) is 3.75. The number of thiophene rings is 1. The van der Waals surface area contributed by atoms with Gasteiger partial charge in [-0.25, -0.2) is 9.78 Å². The molecule has 4 nitrogen and oxygen atoms in total. The molecule has 3 aromatic rings. The van der Waals surface area contributed by atoms with Gasteiger partial charge in [-0.15, -0.1) is 22.7 Å². The van der Waals surface area contributed by atoms with Gasteiger partial charge >= 0.3 is 5.97 Å². The minimum absolute atomic E-state index is 0.218. The van der Waals surface area contributed by atoms with Gasteiger partial charge in [0.25, 0.3) is 0 Å². The van der Waals surface area contributed by atoms with E-state index in [9.17, 15) is 9.59 Å². The maximum absolute atomic E-state index is 12.4. The second kappa shape index (κ2) is 7.72. The molecular formula is C19H17NO3S2. The zero-order valence-corrected chi connectivity index (χ0v) is 15.5. The number of hydrogen-bond acceptors (Lipinski definition) is 6. The summed E-state index contributed by atoms with van der Waals surface area (Å²) >= 11 is 2.95. The van der Waals surface area contributed by atoms with Gasteiger partial charge in [0.2, 0.25) is 5.78 Å². The van der Waals surface area contributed by atoms with Crippen LogP contribution >= 0.6 is 22.7 Å². The van der Waals surface area contributed by atoms with Gasteiger partial charge in [-0.3, -0.25) is 4.79 Å². The van der Waals surface area contributed by atoms with Crippen molar-refractivity contribution in [3.8, 4) is 9.88 Å². The van der Waals surface area contributed by atoms with Crippen molar-refractivity contribution in [3.05, 3.63) is 64.0 Å². The van der Waals surface area contributed by atoms with Crippen LogP contribution in [0.2, 0.25) is 0 Å². The average Bonchev–Trinajstić information content (AvgIpc) is 3.32. The number of thiazole rings is 1. The highest BCUT2D eigenvalue weighted by Gasteiger charge is 2.22. The van der Waals surface area contributed by atoms with Crippen molar-refractivity contribution in [2.24, 2.45) is 0 Å². The van der Waals surface area contributed by atoms with E-state index >= 15 is 0 Å². The summed E-state index contributed by atoms with van der Waals surface area (Å²) < 4.78 is 5.30. The van der Waals surface area contributed by atoms with E-state index in [4.69, 9.17) is 4.74 Å². The molecule has 1 atom stereocenters. The van der Waals surface area contributed by atoms with E-state index in [0.717, 1.165) is 21.9 Å². The molecule has 0 radical (unpaired) electrons. The summed E-state index contributed by atoms with van der Waals surface area (Å²) in [5, 5.41) is 4.39. The molecular weight excluding hydrogens is 354 g/mol. The smallest absolute Gasteiger partial charge is 0.358 e. The molecule has 0 aliphatic heterocycles. The largest absolute Gasteiger partial charge is 0.450 e. The van der Waals surface area contributed by atoms with Crippen LogP contribution in [0, 0.1) is 0 Å². The SMILES string of the molecule is CCc1ccc(C(=O)C(C)OC(=O)c2csc(-c3cccs3)n2)cc1. The third kappa shape index (κ3) is 4.03. The van der Waals surface area contributed by atoms with E-state index in [-0.39, 0.29) is 11.5 Å². The number of aromatic nitrogens is 1. The predicted octanol–water partition coefficient (Wildman–Crippen LogP) is 4.86. The molecule has 0 fully saturated rings. The standard InChI is InChI=1S/C19H17NO3S2/c1-3-13-6-8-14(9-7-13)17(21)12(2)23-19(22)15-11-25-18(20-15)16-5-4-10-24-16/h4-12H,3H2,1-2H3. The number of esters is 1. The van der Waals surface area contributed by atoms with Crippen molar-refractivity contribution in [2.75, 3.05) is 0 Å².